The van der Waals surface area contributed by atoms with Crippen molar-refractivity contribution in [3.05, 3.63) is 21.4 Å². The molecule has 0 radical (unpaired) electrons. The molecule has 0 aliphatic carbocycles. The monoisotopic (exact) mass is 359 g/mol. The summed E-state index contributed by atoms with van der Waals surface area (Å²) >= 11 is 1.17. The number of thioether (sulfide) groups is 1. The van der Waals surface area contributed by atoms with Gasteiger partial charge in [0.15, 0.2) is 0 Å². The summed E-state index contributed by atoms with van der Waals surface area (Å²) in [5.74, 6) is -3.36. The lowest BCUT2D eigenvalue weighted by Gasteiger charge is -2.49. The standard InChI is InChI=1S/C12H13N3O8S/c1-5(16)23-3-6-4-24-11-8(13-7(17)2-14(21)22)10(18)15(11)9(6)12(19)20/h8,11H,2-4H2,1H3,(H,13,17)(H,19,20)/t8-,11-/m1/s1. The number of fused-ring (bicyclic) bond motifs is 1. The molecule has 0 aromatic carbocycles. The maximum absolute atomic E-state index is 12.1. The van der Waals surface area contributed by atoms with Crippen molar-refractivity contribution in [1.82, 2.24) is 10.2 Å². The van der Waals surface area contributed by atoms with Crippen LogP contribution in [0.3, 0.4) is 0 Å². The summed E-state index contributed by atoms with van der Waals surface area (Å²) in [6.07, 6.45) is 0. The molecule has 2 atom stereocenters. The molecule has 24 heavy (non-hydrogen) atoms. The summed E-state index contributed by atoms with van der Waals surface area (Å²) < 4.78 is 4.78. The first-order valence-corrected chi connectivity index (χ1v) is 7.71. The molecule has 130 valence electrons. The first-order chi connectivity index (χ1) is 11.2. The van der Waals surface area contributed by atoms with Crippen molar-refractivity contribution in [2.45, 2.75) is 18.3 Å². The Morgan fingerprint density at radius 1 is 1.50 bits per heavy atom. The van der Waals surface area contributed by atoms with Gasteiger partial charge in [0.05, 0.1) is 0 Å². The zero-order chi connectivity index (χ0) is 18.0. The second-order valence-electron chi connectivity index (χ2n) is 4.98. The molecule has 2 aliphatic heterocycles. The van der Waals surface area contributed by atoms with Crippen LogP contribution in [-0.2, 0) is 23.9 Å². The maximum Gasteiger partial charge on any atom is 0.352 e. The maximum atomic E-state index is 12.1. The van der Waals surface area contributed by atoms with E-state index in [4.69, 9.17) is 4.74 Å². The van der Waals surface area contributed by atoms with Crippen molar-refractivity contribution in [2.24, 2.45) is 0 Å². The summed E-state index contributed by atoms with van der Waals surface area (Å²) in [6, 6.07) is -1.02. The van der Waals surface area contributed by atoms with Gasteiger partial charge in [0, 0.05) is 23.2 Å². The molecule has 1 fully saturated rings. The number of esters is 1. The number of nitrogens with zero attached hydrogens (tertiary/aromatic N) is 2. The number of nitrogens with one attached hydrogen (secondary N) is 1. The number of β-lactam (4-membered cyclic amide) rings is 1. The highest BCUT2D eigenvalue weighted by molar-refractivity contribution is 8.00. The van der Waals surface area contributed by atoms with E-state index in [1.54, 1.807) is 0 Å². The summed E-state index contributed by atoms with van der Waals surface area (Å²) in [5, 5.41) is 21.2. The smallest absolute Gasteiger partial charge is 0.352 e. The van der Waals surface area contributed by atoms with Crippen LogP contribution in [0.15, 0.2) is 11.3 Å². The molecule has 11 nitrogen and oxygen atoms in total. The van der Waals surface area contributed by atoms with Gasteiger partial charge in [-0.1, -0.05) is 0 Å². The lowest BCUT2D eigenvalue weighted by atomic mass is 10.0. The Balaban J connectivity index is 2.14. The lowest BCUT2D eigenvalue weighted by molar-refractivity contribution is -0.467. The van der Waals surface area contributed by atoms with Gasteiger partial charge in [0.1, 0.15) is 23.7 Å². The van der Waals surface area contributed by atoms with Gasteiger partial charge in [-0.05, 0) is 0 Å². The van der Waals surface area contributed by atoms with E-state index >= 15 is 0 Å². The van der Waals surface area contributed by atoms with Gasteiger partial charge in [0.2, 0.25) is 0 Å². The zero-order valence-electron chi connectivity index (χ0n) is 12.4. The predicted molar refractivity (Wildman–Crippen MR) is 78.2 cm³/mol. The number of amides is 2. The Morgan fingerprint density at radius 3 is 2.71 bits per heavy atom. The first kappa shape index (κ1) is 17.7. The molecule has 2 N–H and O–H groups in total. The molecular formula is C12H13N3O8S. The van der Waals surface area contributed by atoms with Crippen LogP contribution in [0.2, 0.25) is 0 Å². The average Bonchev–Trinajstić information content (AvgIpc) is 2.48. The fourth-order valence-electron chi connectivity index (χ4n) is 2.32. The van der Waals surface area contributed by atoms with Crippen LogP contribution in [0.5, 0.6) is 0 Å². The van der Waals surface area contributed by atoms with E-state index in [0.29, 0.717) is 0 Å². The van der Waals surface area contributed by atoms with Crippen molar-refractivity contribution in [1.29, 1.82) is 0 Å². The molecule has 2 amide bonds. The van der Waals surface area contributed by atoms with E-state index in [-0.39, 0.29) is 23.6 Å². The molecule has 0 spiro atoms. The number of rotatable bonds is 6. The van der Waals surface area contributed by atoms with Crippen molar-refractivity contribution < 1.29 is 33.9 Å². The van der Waals surface area contributed by atoms with Crippen LogP contribution in [0.4, 0.5) is 0 Å². The van der Waals surface area contributed by atoms with Gasteiger partial charge < -0.3 is 15.2 Å². The molecular weight excluding hydrogens is 346 g/mol. The molecule has 0 saturated carbocycles. The van der Waals surface area contributed by atoms with Crippen LogP contribution >= 0.6 is 11.8 Å². The van der Waals surface area contributed by atoms with Crippen LogP contribution < -0.4 is 5.32 Å². The molecule has 2 rings (SSSR count). The van der Waals surface area contributed by atoms with Crippen LogP contribution in [0, 0.1) is 10.1 Å². The topological polar surface area (TPSA) is 156 Å². The van der Waals surface area contributed by atoms with Crippen LogP contribution in [-0.4, -0.2) is 69.0 Å². The largest absolute Gasteiger partial charge is 0.477 e. The summed E-state index contributed by atoms with van der Waals surface area (Å²) in [7, 11) is 0. The normalized spacial score (nSPS) is 22.4. The SMILES string of the molecule is CC(=O)OCC1=C(C(=O)O)N2C(=O)[C@@H](NC(=O)C[N+](=O)[O-])[C@H]2SC1. The highest BCUT2D eigenvalue weighted by atomic mass is 32.2. The summed E-state index contributed by atoms with van der Waals surface area (Å²) in [6.45, 7) is -0.0469. The molecule has 0 unspecified atom stereocenters. The quantitative estimate of drug-likeness (QED) is 0.251. The predicted octanol–water partition coefficient (Wildman–Crippen LogP) is -1.44. The van der Waals surface area contributed by atoms with E-state index in [1.165, 1.54) is 18.7 Å². The van der Waals surface area contributed by atoms with E-state index in [2.05, 4.69) is 5.32 Å². The number of nitro groups is 1. The Kier molecular flexibility index (Phi) is 5.07. The third kappa shape index (κ3) is 3.48. The van der Waals surface area contributed by atoms with Crippen LogP contribution in [0.1, 0.15) is 6.92 Å². The molecule has 1 saturated heterocycles. The minimum Gasteiger partial charge on any atom is -0.477 e. The number of hydrogen-bond donors (Lipinski definition) is 2. The number of ether oxygens (including phenoxy) is 1. The molecule has 2 aliphatic rings. The average molecular weight is 359 g/mol. The van der Waals surface area contributed by atoms with Gasteiger partial charge >= 0.3 is 11.9 Å². The molecule has 0 aromatic rings. The van der Waals surface area contributed by atoms with Gasteiger partial charge in [-0.15, -0.1) is 11.8 Å². The second kappa shape index (κ2) is 6.86. The van der Waals surface area contributed by atoms with Crippen LogP contribution in [0.25, 0.3) is 0 Å². The first-order valence-electron chi connectivity index (χ1n) is 6.67. The Morgan fingerprint density at radius 2 is 2.17 bits per heavy atom. The van der Waals surface area contributed by atoms with Crippen molar-refractivity contribution in [3.63, 3.8) is 0 Å². The van der Waals surface area contributed by atoms with Gasteiger partial charge in [-0.3, -0.25) is 29.4 Å². The van der Waals surface area contributed by atoms with Crippen molar-refractivity contribution in [3.8, 4) is 0 Å². The number of carbonyl (C=O) groups excluding carboxylic acids is 3. The summed E-state index contributed by atoms with van der Waals surface area (Å²) in [4.78, 5) is 56.3. The zero-order valence-corrected chi connectivity index (χ0v) is 13.2. The molecule has 0 bridgehead atoms. The molecule has 2 heterocycles. The Labute approximate surface area is 139 Å². The summed E-state index contributed by atoms with van der Waals surface area (Å²) in [5.41, 5.74) is -0.0212. The van der Waals surface area contributed by atoms with Crippen molar-refractivity contribution in [2.75, 3.05) is 18.9 Å². The lowest BCUT2D eigenvalue weighted by Crippen LogP contribution is -2.71. The number of carbonyl (C=O) groups is 4. The third-order valence-electron chi connectivity index (χ3n) is 3.29. The fraction of sp³-hybridized carbons (Fsp3) is 0.500. The van der Waals surface area contributed by atoms with Gasteiger partial charge in [-0.25, -0.2) is 4.79 Å². The van der Waals surface area contributed by atoms with Crippen molar-refractivity contribution >= 4 is 35.5 Å². The minimum absolute atomic E-state index is 0.185. The van der Waals surface area contributed by atoms with Gasteiger partial charge in [-0.2, -0.15) is 0 Å². The third-order valence-corrected chi connectivity index (χ3v) is 4.63. The minimum atomic E-state index is -1.36. The highest BCUT2D eigenvalue weighted by Gasteiger charge is 2.54. The van der Waals surface area contributed by atoms with E-state index in [9.17, 15) is 34.4 Å². The number of carboxylic acids is 1. The van der Waals surface area contributed by atoms with Gasteiger partial charge in [0.25, 0.3) is 18.4 Å². The number of carboxylic acid groups (broad SMARTS) is 1. The molecule has 0 aromatic heterocycles. The number of aliphatic carboxylic acids is 1. The Bertz CT molecular complexity index is 661. The fourth-order valence-corrected chi connectivity index (χ4v) is 3.65. The number of hydrogen-bond acceptors (Lipinski definition) is 8. The molecule has 12 heteroatoms. The Hall–Kier alpha value is -2.63. The highest BCUT2D eigenvalue weighted by Crippen LogP contribution is 2.40. The van der Waals surface area contributed by atoms with E-state index in [1.807, 2.05) is 0 Å². The van der Waals surface area contributed by atoms with E-state index in [0.717, 1.165) is 4.90 Å². The van der Waals surface area contributed by atoms with E-state index < -0.39 is 46.6 Å². The second-order valence-corrected chi connectivity index (χ2v) is 6.09.